The quantitative estimate of drug-likeness (QED) is 0.178. The molecule has 1 amide bonds. The third-order valence-electron chi connectivity index (χ3n) is 9.99. The summed E-state index contributed by atoms with van der Waals surface area (Å²) < 4.78 is 13.9. The fourth-order valence-corrected chi connectivity index (χ4v) is 8.80. The number of aliphatic carboxylic acids is 1. The van der Waals surface area contributed by atoms with E-state index in [1.54, 1.807) is 4.90 Å². The topological polar surface area (TPSA) is 123 Å². The first-order valence-electron chi connectivity index (χ1n) is 17.3. The van der Waals surface area contributed by atoms with Gasteiger partial charge in [-0.15, -0.1) is 11.3 Å². The number of aromatic nitrogens is 4. The van der Waals surface area contributed by atoms with Gasteiger partial charge in [-0.05, 0) is 102 Å². The van der Waals surface area contributed by atoms with Gasteiger partial charge >= 0.3 is 12.1 Å². The number of nitrogens with zero attached hydrogens (tertiary/aromatic N) is 6. The predicted octanol–water partition coefficient (Wildman–Crippen LogP) is 7.83. The zero-order valence-electron chi connectivity index (χ0n) is 29.8. The van der Waals surface area contributed by atoms with E-state index in [1.165, 1.54) is 18.4 Å². The van der Waals surface area contributed by atoms with Gasteiger partial charge in [0.25, 0.3) is 0 Å². The number of thiazole rings is 1. The summed E-state index contributed by atoms with van der Waals surface area (Å²) in [6.45, 7) is 10.8. The van der Waals surface area contributed by atoms with E-state index in [-0.39, 0.29) is 12.0 Å². The molecule has 2 aliphatic heterocycles. The second-order valence-electron chi connectivity index (χ2n) is 14.5. The number of hydrogen-bond acceptors (Lipinski definition) is 9. The fourth-order valence-electron chi connectivity index (χ4n) is 7.58. The van der Waals surface area contributed by atoms with Gasteiger partial charge in [-0.25, -0.2) is 19.6 Å². The first kappa shape index (κ1) is 35.3. The van der Waals surface area contributed by atoms with E-state index in [4.69, 9.17) is 36.1 Å². The summed E-state index contributed by atoms with van der Waals surface area (Å²) in [6, 6.07) is 13.8. The van der Waals surface area contributed by atoms with Gasteiger partial charge in [0.1, 0.15) is 10.5 Å². The number of carbonyl (C=O) groups is 2. The van der Waals surface area contributed by atoms with Gasteiger partial charge in [0.2, 0.25) is 0 Å². The van der Waals surface area contributed by atoms with Crippen LogP contribution in [0.2, 0.25) is 5.02 Å². The van der Waals surface area contributed by atoms with Gasteiger partial charge < -0.3 is 19.5 Å². The summed E-state index contributed by atoms with van der Waals surface area (Å²) in [7, 11) is 3.39. The maximum Gasteiger partial charge on any atom is 0.409 e. The van der Waals surface area contributed by atoms with Crippen molar-refractivity contribution in [3.63, 3.8) is 0 Å². The first-order chi connectivity index (χ1) is 24.3. The Morgan fingerprint density at radius 2 is 1.76 bits per heavy atom. The average Bonchev–Trinajstić information content (AvgIpc) is 3.84. The summed E-state index contributed by atoms with van der Waals surface area (Å²) in [5.74, 6) is -0.792. The maximum atomic E-state index is 12.8. The van der Waals surface area contributed by atoms with Crippen molar-refractivity contribution < 1.29 is 24.2 Å². The summed E-state index contributed by atoms with van der Waals surface area (Å²) in [6.07, 6.45) is 1.44. The molecule has 11 nitrogen and oxygen atoms in total. The number of carboxylic acid groups (broad SMARTS) is 1. The third kappa shape index (κ3) is 6.94. The molecule has 2 atom stereocenters. The number of ether oxygens (including phenoxy) is 2. The zero-order valence-corrected chi connectivity index (χ0v) is 31.3. The number of fused-ring (bicyclic) bond motifs is 2. The molecule has 2 aliphatic rings. The highest BCUT2D eigenvalue weighted by Crippen LogP contribution is 2.44. The Morgan fingerprint density at radius 3 is 2.43 bits per heavy atom. The number of aryl methyl sites for hydroxylation is 2. The number of likely N-dealkylation sites (tertiary alicyclic amines) is 2. The molecule has 0 radical (unpaired) electrons. The summed E-state index contributed by atoms with van der Waals surface area (Å²) in [5, 5.41) is 16.7. The van der Waals surface area contributed by atoms with Crippen LogP contribution in [-0.2, 0) is 21.3 Å². The van der Waals surface area contributed by atoms with Crippen LogP contribution in [0.25, 0.3) is 43.1 Å². The molecular formula is C38H43ClN6O5S. The van der Waals surface area contributed by atoms with Crippen LogP contribution in [0.5, 0.6) is 0 Å². The van der Waals surface area contributed by atoms with E-state index >= 15 is 0 Å². The molecule has 0 aliphatic carbocycles. The van der Waals surface area contributed by atoms with Gasteiger partial charge in [-0.3, -0.25) is 9.58 Å². The van der Waals surface area contributed by atoms with Gasteiger partial charge in [0.15, 0.2) is 6.10 Å². The molecule has 2 aromatic carbocycles. The number of rotatable bonds is 7. The molecule has 0 unspecified atom stereocenters. The Morgan fingerprint density at radius 1 is 1.04 bits per heavy atom. The molecule has 5 aromatic rings. The van der Waals surface area contributed by atoms with Crippen LogP contribution in [0.4, 0.5) is 4.79 Å². The maximum absolute atomic E-state index is 12.8. The smallest absolute Gasteiger partial charge is 0.409 e. The largest absolute Gasteiger partial charge is 0.479 e. The lowest BCUT2D eigenvalue weighted by molar-refractivity contribution is -0.160. The lowest BCUT2D eigenvalue weighted by atomic mass is 9.91. The molecule has 5 heterocycles. The van der Waals surface area contributed by atoms with E-state index in [2.05, 4.69) is 11.0 Å². The van der Waals surface area contributed by atoms with Crippen LogP contribution in [-0.4, -0.2) is 91.6 Å². The number of hydrogen-bond donors (Lipinski definition) is 1. The number of amides is 1. The molecule has 3 aromatic heterocycles. The number of benzene rings is 2. The molecule has 2 saturated heterocycles. The average molecular weight is 731 g/mol. The van der Waals surface area contributed by atoms with Crippen LogP contribution in [0, 0.1) is 6.92 Å². The lowest BCUT2D eigenvalue weighted by Crippen LogP contribution is -2.43. The minimum atomic E-state index is -1.19. The molecule has 268 valence electrons. The second kappa shape index (κ2) is 13.8. The Balaban J connectivity index is 1.24. The predicted molar refractivity (Wildman–Crippen MR) is 199 cm³/mol. The Labute approximate surface area is 306 Å². The number of methoxy groups -OCH3 is 1. The van der Waals surface area contributed by atoms with E-state index in [9.17, 15) is 14.7 Å². The van der Waals surface area contributed by atoms with Crippen molar-refractivity contribution in [2.75, 3.05) is 33.3 Å². The van der Waals surface area contributed by atoms with E-state index < -0.39 is 17.7 Å². The normalized spacial score (nSPS) is 18.2. The van der Waals surface area contributed by atoms with Crippen LogP contribution >= 0.6 is 22.9 Å². The number of piperidine rings is 1. The van der Waals surface area contributed by atoms with Gasteiger partial charge in [0.05, 0.1) is 39.8 Å². The van der Waals surface area contributed by atoms with Crippen LogP contribution in [0.3, 0.4) is 0 Å². The van der Waals surface area contributed by atoms with Crippen molar-refractivity contribution >= 4 is 56.3 Å². The second-order valence-corrected chi connectivity index (χ2v) is 16.0. The zero-order chi connectivity index (χ0) is 36.2. The molecule has 1 N–H and O–H groups in total. The molecule has 2 fully saturated rings. The number of pyridine rings is 1. The van der Waals surface area contributed by atoms with Crippen LogP contribution < -0.4 is 0 Å². The Kier molecular flexibility index (Phi) is 9.55. The SMILES string of the molecule is COC(=O)N1CC[C@@H](N2CCC(c3nn(C)c4ccc(-c5nc6cc(C)c([C@H](OC(C)(C)C)C(=O)O)c(-c7ccc(Cl)cc7)c6s5)nc34)CC2)C1. The highest BCUT2D eigenvalue weighted by atomic mass is 35.5. The first-order valence-corrected chi connectivity index (χ1v) is 18.5. The fraction of sp³-hybridized carbons (Fsp3) is 0.447. The monoisotopic (exact) mass is 730 g/mol. The molecule has 7 rings (SSSR count). The number of carbonyl (C=O) groups excluding carboxylic acids is 1. The molecule has 0 saturated carbocycles. The molecule has 0 bridgehead atoms. The van der Waals surface area contributed by atoms with Crippen molar-refractivity contribution in [3.8, 4) is 21.8 Å². The standard InChI is InChI=1S/C38H43ClN6O5S/c1-21-19-27-34(30(22-7-9-24(39)10-8-22)29(21)33(36(46)47)50-38(2,3)4)51-35(41-27)26-11-12-28-32(40-26)31(42-43(28)5)23-13-16-44(17-14-23)25-15-18-45(20-25)37(48)49-6/h7-12,19,23,25,33H,13-18,20H2,1-6H3,(H,46,47)/t25-,33+/m1/s1. The minimum absolute atomic E-state index is 0.252. The van der Waals surface area contributed by atoms with E-state index in [0.717, 1.165) is 93.2 Å². The molecule has 51 heavy (non-hydrogen) atoms. The number of halogens is 1. The van der Waals surface area contributed by atoms with E-state index in [0.29, 0.717) is 23.2 Å². The Bertz CT molecular complexity index is 2120. The third-order valence-corrected chi connectivity index (χ3v) is 11.4. The van der Waals surface area contributed by atoms with Gasteiger partial charge in [0, 0.05) is 48.2 Å². The molecule has 0 spiro atoms. The minimum Gasteiger partial charge on any atom is -0.479 e. The summed E-state index contributed by atoms with van der Waals surface area (Å²) in [5.41, 5.74) is 6.64. The molecule has 13 heteroatoms. The van der Waals surface area contributed by atoms with Crippen molar-refractivity contribution in [3.05, 3.63) is 64.3 Å². The summed E-state index contributed by atoms with van der Waals surface area (Å²) >= 11 is 7.78. The highest BCUT2D eigenvalue weighted by Gasteiger charge is 2.35. The van der Waals surface area contributed by atoms with Crippen molar-refractivity contribution in [2.24, 2.45) is 7.05 Å². The molecular weight excluding hydrogens is 688 g/mol. The summed E-state index contributed by atoms with van der Waals surface area (Å²) in [4.78, 5) is 39.4. The number of carboxylic acids is 1. The van der Waals surface area contributed by atoms with Crippen molar-refractivity contribution in [1.82, 2.24) is 29.5 Å². The van der Waals surface area contributed by atoms with Crippen LogP contribution in [0.15, 0.2) is 42.5 Å². The highest BCUT2D eigenvalue weighted by molar-refractivity contribution is 7.22. The van der Waals surface area contributed by atoms with Crippen LogP contribution in [0.1, 0.15) is 68.9 Å². The van der Waals surface area contributed by atoms with Gasteiger partial charge in [-0.1, -0.05) is 23.7 Å². The van der Waals surface area contributed by atoms with Crippen molar-refractivity contribution in [2.45, 2.75) is 70.6 Å². The lowest BCUT2D eigenvalue weighted by Gasteiger charge is -2.35. The Hall–Kier alpha value is -4.10. The van der Waals surface area contributed by atoms with Crippen molar-refractivity contribution in [1.29, 1.82) is 0 Å². The van der Waals surface area contributed by atoms with Gasteiger partial charge in [-0.2, -0.15) is 5.10 Å². The van der Waals surface area contributed by atoms with E-state index in [1.807, 2.05) is 75.8 Å².